The summed E-state index contributed by atoms with van der Waals surface area (Å²) in [5.41, 5.74) is 1.13. The molecule has 0 saturated heterocycles. The summed E-state index contributed by atoms with van der Waals surface area (Å²) >= 11 is 0. The van der Waals surface area contributed by atoms with Gasteiger partial charge in [0.1, 0.15) is 6.73 Å². The Bertz CT molecular complexity index is 243. The fourth-order valence-electron chi connectivity index (χ4n) is 1.08. The minimum atomic E-state index is 0.590. The van der Waals surface area contributed by atoms with E-state index in [4.69, 9.17) is 4.74 Å². The number of nitrogens with zero attached hydrogens (tertiary/aromatic N) is 2. The summed E-state index contributed by atoms with van der Waals surface area (Å²) < 4.78 is 7.03. The third-order valence-electron chi connectivity index (χ3n) is 1.58. The molecule has 54 valence electrons. The van der Waals surface area contributed by atoms with Crippen LogP contribution in [0.4, 0.5) is 0 Å². The first-order valence-corrected chi connectivity index (χ1v) is 3.22. The van der Waals surface area contributed by atoms with Gasteiger partial charge in [-0.05, 0) is 0 Å². The molecule has 1 aromatic rings. The maximum absolute atomic E-state index is 5.28. The van der Waals surface area contributed by atoms with Gasteiger partial charge < -0.3 is 4.74 Å². The molecule has 0 aromatic carbocycles. The average Bonchev–Trinajstić information content (AvgIpc) is 2.34. The van der Waals surface area contributed by atoms with E-state index < -0.39 is 0 Å². The number of rotatable bonds is 0. The fourth-order valence-corrected chi connectivity index (χ4v) is 1.08. The van der Waals surface area contributed by atoms with Gasteiger partial charge in [-0.3, -0.25) is 5.32 Å². The topological polar surface area (TPSA) is 39.1 Å². The zero-order valence-corrected chi connectivity index (χ0v) is 5.79. The van der Waals surface area contributed by atoms with Crippen LogP contribution in [0.5, 0.6) is 5.88 Å². The van der Waals surface area contributed by atoms with Crippen molar-refractivity contribution >= 4 is 0 Å². The summed E-state index contributed by atoms with van der Waals surface area (Å²) in [7, 11) is 1.88. The van der Waals surface area contributed by atoms with Crippen LogP contribution >= 0.6 is 0 Å². The molecule has 1 aliphatic rings. The summed E-state index contributed by atoms with van der Waals surface area (Å²) in [5.74, 6) is 0.888. The Labute approximate surface area is 58.8 Å². The monoisotopic (exact) mass is 139 g/mol. The van der Waals surface area contributed by atoms with Gasteiger partial charge in [0.15, 0.2) is 0 Å². The number of nitrogens with one attached hydrogen (secondary N) is 1. The quantitative estimate of drug-likeness (QED) is 0.543. The zero-order chi connectivity index (χ0) is 6.97. The van der Waals surface area contributed by atoms with Crippen molar-refractivity contribution in [3.05, 3.63) is 11.8 Å². The molecule has 0 atom stereocenters. The first-order valence-electron chi connectivity index (χ1n) is 3.22. The minimum Gasteiger partial charge on any atom is -0.462 e. The molecule has 0 aliphatic carbocycles. The van der Waals surface area contributed by atoms with E-state index in [9.17, 15) is 0 Å². The van der Waals surface area contributed by atoms with Crippen molar-refractivity contribution in [3.63, 3.8) is 0 Å². The van der Waals surface area contributed by atoms with Crippen LogP contribution in [-0.4, -0.2) is 16.5 Å². The van der Waals surface area contributed by atoms with E-state index in [1.54, 1.807) is 4.68 Å². The van der Waals surface area contributed by atoms with Gasteiger partial charge in [-0.15, -0.1) is 0 Å². The maximum Gasteiger partial charge on any atom is 0.217 e. The molecule has 0 unspecified atom stereocenters. The van der Waals surface area contributed by atoms with Crippen molar-refractivity contribution in [2.75, 3.05) is 6.73 Å². The van der Waals surface area contributed by atoms with Crippen molar-refractivity contribution in [2.24, 2.45) is 7.05 Å². The minimum absolute atomic E-state index is 0.590. The van der Waals surface area contributed by atoms with E-state index in [-0.39, 0.29) is 0 Å². The Morgan fingerprint density at radius 2 is 2.70 bits per heavy atom. The molecule has 4 nitrogen and oxygen atoms in total. The highest BCUT2D eigenvalue weighted by molar-refractivity contribution is 5.24. The third-order valence-corrected chi connectivity index (χ3v) is 1.58. The van der Waals surface area contributed by atoms with Crippen molar-refractivity contribution in [1.82, 2.24) is 15.1 Å². The second-order valence-electron chi connectivity index (χ2n) is 2.31. The van der Waals surface area contributed by atoms with Crippen LogP contribution in [0, 0.1) is 0 Å². The van der Waals surface area contributed by atoms with Gasteiger partial charge in [0, 0.05) is 19.2 Å². The lowest BCUT2D eigenvalue weighted by atomic mass is 10.3. The molecule has 2 rings (SSSR count). The SMILES string of the molecule is Cn1ncc2c1OCNC2. The molecule has 0 bridgehead atoms. The van der Waals surface area contributed by atoms with Crippen LogP contribution in [0.2, 0.25) is 0 Å². The lowest BCUT2D eigenvalue weighted by molar-refractivity contribution is 0.236. The maximum atomic E-state index is 5.28. The van der Waals surface area contributed by atoms with Crippen LogP contribution in [0.15, 0.2) is 6.20 Å². The summed E-state index contributed by atoms with van der Waals surface area (Å²) in [5, 5.41) is 7.13. The molecule has 0 radical (unpaired) electrons. The highest BCUT2D eigenvalue weighted by atomic mass is 16.5. The first kappa shape index (κ1) is 5.73. The smallest absolute Gasteiger partial charge is 0.217 e. The highest BCUT2D eigenvalue weighted by Gasteiger charge is 2.12. The van der Waals surface area contributed by atoms with Gasteiger partial charge in [-0.25, -0.2) is 4.68 Å². The lowest BCUT2D eigenvalue weighted by Crippen LogP contribution is -2.25. The second kappa shape index (κ2) is 1.98. The first-order chi connectivity index (χ1) is 4.88. The van der Waals surface area contributed by atoms with Crippen LogP contribution < -0.4 is 10.1 Å². The van der Waals surface area contributed by atoms with E-state index >= 15 is 0 Å². The van der Waals surface area contributed by atoms with E-state index in [1.807, 2.05) is 13.2 Å². The molecular weight excluding hydrogens is 130 g/mol. The predicted octanol–water partition coefficient (Wildman–Crippen LogP) is -0.140. The standard InChI is InChI=1S/C6H9N3O/c1-9-6-5(3-8-9)2-7-4-10-6/h3,7H,2,4H2,1H3. The molecule has 0 spiro atoms. The van der Waals surface area contributed by atoms with Crippen molar-refractivity contribution in [3.8, 4) is 5.88 Å². The Morgan fingerprint density at radius 3 is 3.50 bits per heavy atom. The van der Waals surface area contributed by atoms with Gasteiger partial charge in [-0.2, -0.15) is 5.10 Å². The Balaban J connectivity index is 2.45. The molecule has 1 N–H and O–H groups in total. The van der Waals surface area contributed by atoms with Crippen LogP contribution in [-0.2, 0) is 13.6 Å². The lowest BCUT2D eigenvalue weighted by Gasteiger charge is -2.14. The van der Waals surface area contributed by atoms with Gasteiger partial charge in [0.2, 0.25) is 5.88 Å². The largest absolute Gasteiger partial charge is 0.462 e. The molecule has 1 aliphatic heterocycles. The number of hydrogen-bond donors (Lipinski definition) is 1. The summed E-state index contributed by atoms with van der Waals surface area (Å²) in [6, 6.07) is 0. The zero-order valence-electron chi connectivity index (χ0n) is 5.79. The Hall–Kier alpha value is -1.03. The van der Waals surface area contributed by atoms with E-state index in [0.717, 1.165) is 18.0 Å². The Kier molecular flexibility index (Phi) is 1.14. The Morgan fingerprint density at radius 1 is 1.80 bits per heavy atom. The molecular formula is C6H9N3O. The molecule has 1 aromatic heterocycles. The van der Waals surface area contributed by atoms with Gasteiger partial charge in [-0.1, -0.05) is 0 Å². The van der Waals surface area contributed by atoms with Crippen molar-refractivity contribution < 1.29 is 4.74 Å². The van der Waals surface area contributed by atoms with E-state index in [0.29, 0.717) is 6.73 Å². The highest BCUT2D eigenvalue weighted by Crippen LogP contribution is 2.18. The molecule has 0 fully saturated rings. The third kappa shape index (κ3) is 0.690. The summed E-state index contributed by atoms with van der Waals surface area (Å²) in [4.78, 5) is 0. The van der Waals surface area contributed by atoms with E-state index in [1.165, 1.54) is 0 Å². The summed E-state index contributed by atoms with van der Waals surface area (Å²) in [6.45, 7) is 1.45. The summed E-state index contributed by atoms with van der Waals surface area (Å²) in [6.07, 6.45) is 1.82. The van der Waals surface area contributed by atoms with Crippen molar-refractivity contribution in [2.45, 2.75) is 6.54 Å². The molecule has 10 heavy (non-hydrogen) atoms. The molecule has 2 heterocycles. The number of aromatic nitrogens is 2. The molecule has 4 heteroatoms. The van der Waals surface area contributed by atoms with Crippen LogP contribution in [0.1, 0.15) is 5.56 Å². The van der Waals surface area contributed by atoms with E-state index in [2.05, 4.69) is 10.4 Å². The van der Waals surface area contributed by atoms with Crippen molar-refractivity contribution in [1.29, 1.82) is 0 Å². The fraction of sp³-hybridized carbons (Fsp3) is 0.500. The van der Waals surface area contributed by atoms with Crippen LogP contribution in [0.25, 0.3) is 0 Å². The van der Waals surface area contributed by atoms with Crippen LogP contribution in [0.3, 0.4) is 0 Å². The van der Waals surface area contributed by atoms with Gasteiger partial charge in [0.05, 0.1) is 6.20 Å². The van der Waals surface area contributed by atoms with Gasteiger partial charge >= 0.3 is 0 Å². The predicted molar refractivity (Wildman–Crippen MR) is 35.5 cm³/mol. The number of fused-ring (bicyclic) bond motifs is 1. The molecule has 0 amide bonds. The second-order valence-corrected chi connectivity index (χ2v) is 2.31. The number of ether oxygens (including phenoxy) is 1. The normalized spacial score (nSPS) is 16.1. The molecule has 0 saturated carbocycles. The number of hydrogen-bond acceptors (Lipinski definition) is 3. The number of aryl methyl sites for hydroxylation is 1. The average molecular weight is 139 g/mol. The van der Waals surface area contributed by atoms with Gasteiger partial charge in [0.25, 0.3) is 0 Å².